The summed E-state index contributed by atoms with van der Waals surface area (Å²) >= 11 is 0. The lowest BCUT2D eigenvalue weighted by Gasteiger charge is -2.33. The Morgan fingerprint density at radius 3 is 2.36 bits per heavy atom. The molecule has 2 heterocycles. The molecule has 2 aromatic carbocycles. The Morgan fingerprint density at radius 2 is 1.67 bits per heavy atom. The highest BCUT2D eigenvalue weighted by Crippen LogP contribution is 2.24. The first kappa shape index (κ1) is 22.1. The Balaban J connectivity index is 1.27. The lowest BCUT2D eigenvalue weighted by molar-refractivity contribution is 0.102. The number of hydrogen-bond acceptors (Lipinski definition) is 6. The fraction of sp³-hybridized carbons (Fsp3) is 0.240. The van der Waals surface area contributed by atoms with E-state index in [2.05, 4.69) is 20.5 Å². The van der Waals surface area contributed by atoms with Crippen molar-refractivity contribution in [3.63, 3.8) is 0 Å². The predicted octanol–water partition coefficient (Wildman–Crippen LogP) is 4.38. The van der Waals surface area contributed by atoms with Crippen LogP contribution in [-0.4, -0.2) is 36.7 Å². The maximum atomic E-state index is 12.5. The van der Waals surface area contributed by atoms with Crippen LogP contribution in [0.2, 0.25) is 0 Å². The van der Waals surface area contributed by atoms with Crippen LogP contribution in [0.25, 0.3) is 0 Å². The number of piperidine rings is 1. The highest BCUT2D eigenvalue weighted by molar-refractivity contribution is 6.07. The van der Waals surface area contributed by atoms with E-state index in [4.69, 9.17) is 10.5 Å². The van der Waals surface area contributed by atoms with Crippen molar-refractivity contribution in [3.05, 3.63) is 78.6 Å². The first-order valence-corrected chi connectivity index (χ1v) is 10.9. The second kappa shape index (κ2) is 10.5. The van der Waals surface area contributed by atoms with Crippen molar-refractivity contribution in [2.75, 3.05) is 41.0 Å². The number of aromatic nitrogens is 1. The van der Waals surface area contributed by atoms with Gasteiger partial charge in [-0.2, -0.15) is 0 Å². The molecule has 1 aliphatic heterocycles. The lowest BCUT2D eigenvalue weighted by atomic mass is 9.97. The fourth-order valence-electron chi connectivity index (χ4n) is 3.83. The summed E-state index contributed by atoms with van der Waals surface area (Å²) in [5.74, 6) is -0.00167. The second-order valence-electron chi connectivity index (χ2n) is 7.98. The normalized spacial score (nSPS) is 13.9. The van der Waals surface area contributed by atoms with Crippen molar-refractivity contribution in [1.29, 1.82) is 0 Å². The molecular weight excluding hydrogens is 418 g/mol. The molecule has 0 unspecified atom stereocenters. The summed E-state index contributed by atoms with van der Waals surface area (Å²) in [7, 11) is 0. The molecular formula is C25H27N5O3. The molecule has 2 amide bonds. The van der Waals surface area contributed by atoms with Crippen LogP contribution in [0.3, 0.4) is 0 Å². The van der Waals surface area contributed by atoms with E-state index in [1.54, 1.807) is 60.9 Å². The number of para-hydroxylation sites is 2. The molecule has 0 bridgehead atoms. The number of ether oxygens (including phenoxy) is 1. The standard InChI is InChI=1S/C25H27N5O3/c26-20-5-3-4-19(16-20)24(31)28-22-6-1-2-7-23(22)29-25(32)33-17-18-10-14-30(15-11-18)21-8-12-27-13-9-21/h1-9,12-13,16,18H,10-11,14-15,17,26H2,(H,28,31)(H,29,32). The topological polar surface area (TPSA) is 110 Å². The number of carbonyl (C=O) groups is 2. The molecule has 4 rings (SSSR count). The molecule has 1 aliphatic rings. The van der Waals surface area contributed by atoms with E-state index in [9.17, 15) is 9.59 Å². The molecule has 1 fully saturated rings. The fourth-order valence-corrected chi connectivity index (χ4v) is 3.83. The van der Waals surface area contributed by atoms with E-state index < -0.39 is 6.09 Å². The molecule has 0 radical (unpaired) electrons. The van der Waals surface area contributed by atoms with E-state index in [-0.39, 0.29) is 5.91 Å². The van der Waals surface area contributed by atoms with Crippen molar-refractivity contribution >= 4 is 34.7 Å². The number of nitrogen functional groups attached to an aromatic ring is 1. The third kappa shape index (κ3) is 6.00. The van der Waals surface area contributed by atoms with Crippen molar-refractivity contribution in [3.8, 4) is 0 Å². The first-order chi connectivity index (χ1) is 16.1. The summed E-state index contributed by atoms with van der Waals surface area (Å²) in [6, 6.07) is 17.7. The Bertz CT molecular complexity index is 1100. The third-order valence-electron chi connectivity index (χ3n) is 5.65. The van der Waals surface area contributed by atoms with Crippen LogP contribution in [0.4, 0.5) is 27.5 Å². The predicted molar refractivity (Wildman–Crippen MR) is 129 cm³/mol. The molecule has 0 saturated carbocycles. The van der Waals surface area contributed by atoms with Crippen LogP contribution < -0.4 is 21.3 Å². The minimum absolute atomic E-state index is 0.312. The van der Waals surface area contributed by atoms with Gasteiger partial charge in [-0.3, -0.25) is 15.1 Å². The molecule has 8 heteroatoms. The smallest absolute Gasteiger partial charge is 0.411 e. The van der Waals surface area contributed by atoms with Gasteiger partial charge in [0.05, 0.1) is 18.0 Å². The largest absolute Gasteiger partial charge is 0.449 e. The lowest BCUT2D eigenvalue weighted by Crippen LogP contribution is -2.35. The summed E-state index contributed by atoms with van der Waals surface area (Å²) in [6.07, 6.45) is 4.94. The number of rotatable bonds is 6. The molecule has 1 aromatic heterocycles. The van der Waals surface area contributed by atoms with Gasteiger partial charge in [-0.05, 0) is 61.2 Å². The monoisotopic (exact) mass is 445 g/mol. The van der Waals surface area contributed by atoms with Gasteiger partial charge in [0.15, 0.2) is 0 Å². The highest BCUT2D eigenvalue weighted by atomic mass is 16.5. The van der Waals surface area contributed by atoms with Crippen LogP contribution in [0.5, 0.6) is 0 Å². The van der Waals surface area contributed by atoms with E-state index in [1.165, 1.54) is 5.69 Å². The van der Waals surface area contributed by atoms with Crippen molar-refractivity contribution in [1.82, 2.24) is 4.98 Å². The Hall–Kier alpha value is -4.07. The van der Waals surface area contributed by atoms with Crippen LogP contribution >= 0.6 is 0 Å². The molecule has 170 valence electrons. The van der Waals surface area contributed by atoms with E-state index in [1.807, 2.05) is 12.1 Å². The number of amides is 2. The van der Waals surface area contributed by atoms with Gasteiger partial charge in [-0.25, -0.2) is 4.79 Å². The SMILES string of the molecule is Nc1cccc(C(=O)Nc2ccccc2NC(=O)OCC2CCN(c3ccncc3)CC2)c1. The molecule has 33 heavy (non-hydrogen) atoms. The highest BCUT2D eigenvalue weighted by Gasteiger charge is 2.21. The van der Waals surface area contributed by atoms with Gasteiger partial charge in [-0.1, -0.05) is 18.2 Å². The molecule has 0 aliphatic carbocycles. The maximum absolute atomic E-state index is 12.5. The number of nitrogens with zero attached hydrogens (tertiary/aromatic N) is 2. The molecule has 0 spiro atoms. The number of nitrogens with one attached hydrogen (secondary N) is 2. The number of nitrogens with two attached hydrogens (primary N) is 1. The van der Waals surface area contributed by atoms with Gasteiger partial charge in [0.1, 0.15) is 0 Å². The molecule has 8 nitrogen and oxygen atoms in total. The average Bonchev–Trinajstić information content (AvgIpc) is 2.85. The molecule has 0 atom stereocenters. The van der Waals surface area contributed by atoms with Gasteiger partial charge in [-0.15, -0.1) is 0 Å². The Labute approximate surface area is 192 Å². The minimum atomic E-state index is -0.544. The summed E-state index contributed by atoms with van der Waals surface area (Å²) in [5, 5.41) is 5.55. The summed E-state index contributed by atoms with van der Waals surface area (Å²) in [4.78, 5) is 31.3. The summed E-state index contributed by atoms with van der Waals surface area (Å²) in [5.41, 5.74) is 8.81. The summed E-state index contributed by atoms with van der Waals surface area (Å²) in [6.45, 7) is 2.19. The van der Waals surface area contributed by atoms with Gasteiger partial charge in [0, 0.05) is 42.4 Å². The minimum Gasteiger partial charge on any atom is -0.449 e. The van der Waals surface area contributed by atoms with Gasteiger partial charge < -0.3 is 20.7 Å². The van der Waals surface area contributed by atoms with Gasteiger partial charge in [0.25, 0.3) is 5.91 Å². The van der Waals surface area contributed by atoms with Crippen molar-refractivity contribution < 1.29 is 14.3 Å². The average molecular weight is 446 g/mol. The number of pyridine rings is 1. The first-order valence-electron chi connectivity index (χ1n) is 10.9. The number of benzene rings is 2. The zero-order chi connectivity index (χ0) is 23.0. The van der Waals surface area contributed by atoms with Gasteiger partial charge >= 0.3 is 6.09 Å². The number of anilines is 4. The van der Waals surface area contributed by atoms with Crippen molar-refractivity contribution in [2.24, 2.45) is 5.92 Å². The van der Waals surface area contributed by atoms with Crippen LogP contribution in [0, 0.1) is 5.92 Å². The number of carbonyl (C=O) groups excluding carboxylic acids is 2. The second-order valence-corrected chi connectivity index (χ2v) is 7.98. The van der Waals surface area contributed by atoms with Crippen LogP contribution in [0.15, 0.2) is 73.1 Å². The Morgan fingerprint density at radius 1 is 0.970 bits per heavy atom. The third-order valence-corrected chi connectivity index (χ3v) is 5.65. The number of hydrogen-bond donors (Lipinski definition) is 3. The van der Waals surface area contributed by atoms with E-state index in [0.29, 0.717) is 35.2 Å². The maximum Gasteiger partial charge on any atom is 0.411 e. The van der Waals surface area contributed by atoms with Crippen molar-refractivity contribution in [2.45, 2.75) is 12.8 Å². The van der Waals surface area contributed by atoms with Crippen LogP contribution in [-0.2, 0) is 4.74 Å². The van der Waals surface area contributed by atoms with E-state index >= 15 is 0 Å². The molecule has 1 saturated heterocycles. The molecule has 4 N–H and O–H groups in total. The Kier molecular flexibility index (Phi) is 7.04. The van der Waals surface area contributed by atoms with Gasteiger partial charge in [0.2, 0.25) is 0 Å². The van der Waals surface area contributed by atoms with E-state index in [0.717, 1.165) is 25.9 Å². The molecule has 3 aromatic rings. The quantitative estimate of drug-likeness (QED) is 0.486. The summed E-state index contributed by atoms with van der Waals surface area (Å²) < 4.78 is 5.48. The zero-order valence-electron chi connectivity index (χ0n) is 18.2. The van der Waals surface area contributed by atoms with Crippen LogP contribution in [0.1, 0.15) is 23.2 Å². The zero-order valence-corrected chi connectivity index (χ0v) is 18.2.